The first-order chi connectivity index (χ1) is 13.7. The van der Waals surface area contributed by atoms with E-state index in [2.05, 4.69) is 29.7 Å². The molecule has 2 rings (SSSR count). The summed E-state index contributed by atoms with van der Waals surface area (Å²) in [5, 5.41) is 6.69. The highest BCUT2D eigenvalue weighted by molar-refractivity contribution is 5.79. The monoisotopic (exact) mass is 385 g/mol. The van der Waals surface area contributed by atoms with E-state index in [9.17, 15) is 0 Å². The number of hydrogen-bond acceptors (Lipinski definition) is 4. The van der Waals surface area contributed by atoms with E-state index in [0.717, 1.165) is 42.5 Å². The van der Waals surface area contributed by atoms with Gasteiger partial charge in [-0.15, -0.1) is 0 Å². The number of guanidine groups is 1. The van der Waals surface area contributed by atoms with Crippen LogP contribution in [0.3, 0.4) is 0 Å². The first-order valence-corrected chi connectivity index (χ1v) is 9.50. The van der Waals surface area contributed by atoms with Crippen LogP contribution in [-0.2, 0) is 24.3 Å². The van der Waals surface area contributed by atoms with E-state index in [1.54, 1.807) is 21.3 Å². The van der Waals surface area contributed by atoms with Crippen LogP contribution in [0, 0.1) is 0 Å². The maximum absolute atomic E-state index is 5.37. The number of nitrogens with one attached hydrogen (secondary N) is 2. The summed E-state index contributed by atoms with van der Waals surface area (Å²) in [5.41, 5.74) is 3.50. The van der Waals surface area contributed by atoms with Gasteiger partial charge < -0.3 is 24.8 Å². The molecule has 0 aliphatic carbocycles. The third kappa shape index (κ3) is 6.46. The number of benzene rings is 2. The van der Waals surface area contributed by atoms with Gasteiger partial charge in [-0.25, -0.2) is 4.99 Å². The van der Waals surface area contributed by atoms with Crippen molar-refractivity contribution in [2.24, 2.45) is 4.99 Å². The Labute approximate surface area is 167 Å². The topological polar surface area (TPSA) is 64.1 Å². The lowest BCUT2D eigenvalue weighted by molar-refractivity contribution is 0.184. The summed E-state index contributed by atoms with van der Waals surface area (Å²) in [7, 11) is 5.00. The Hall–Kier alpha value is -2.73. The molecule has 0 heterocycles. The Balaban J connectivity index is 1.96. The SMILES string of the molecule is CCNC(=NCc1ccccc1COC)NCCc1ccc(OC)c(OC)c1. The van der Waals surface area contributed by atoms with Crippen LogP contribution in [0.4, 0.5) is 0 Å². The lowest BCUT2D eigenvalue weighted by Crippen LogP contribution is -2.38. The fourth-order valence-corrected chi connectivity index (χ4v) is 2.88. The van der Waals surface area contributed by atoms with E-state index in [1.807, 2.05) is 30.3 Å². The summed E-state index contributed by atoms with van der Waals surface area (Å²) in [5.74, 6) is 2.29. The number of ether oxygens (including phenoxy) is 3. The molecule has 0 aromatic heterocycles. The van der Waals surface area contributed by atoms with E-state index < -0.39 is 0 Å². The smallest absolute Gasteiger partial charge is 0.191 e. The van der Waals surface area contributed by atoms with Gasteiger partial charge in [-0.2, -0.15) is 0 Å². The van der Waals surface area contributed by atoms with Gasteiger partial charge in [0, 0.05) is 20.2 Å². The Morgan fingerprint density at radius 3 is 2.36 bits per heavy atom. The number of hydrogen-bond donors (Lipinski definition) is 2. The van der Waals surface area contributed by atoms with Crippen molar-refractivity contribution in [3.63, 3.8) is 0 Å². The Morgan fingerprint density at radius 1 is 0.929 bits per heavy atom. The third-order valence-corrected chi connectivity index (χ3v) is 4.32. The van der Waals surface area contributed by atoms with Crippen LogP contribution in [0.1, 0.15) is 23.6 Å². The van der Waals surface area contributed by atoms with E-state index in [4.69, 9.17) is 19.2 Å². The van der Waals surface area contributed by atoms with Gasteiger partial charge in [-0.3, -0.25) is 0 Å². The summed E-state index contributed by atoms with van der Waals surface area (Å²) in [6, 6.07) is 14.2. The predicted molar refractivity (Wildman–Crippen MR) is 113 cm³/mol. The van der Waals surface area contributed by atoms with Gasteiger partial charge in [0.25, 0.3) is 0 Å². The normalized spacial score (nSPS) is 11.2. The van der Waals surface area contributed by atoms with Crippen molar-refractivity contribution in [2.45, 2.75) is 26.5 Å². The Morgan fingerprint density at radius 2 is 1.68 bits per heavy atom. The van der Waals surface area contributed by atoms with Gasteiger partial charge >= 0.3 is 0 Å². The number of rotatable bonds is 10. The highest BCUT2D eigenvalue weighted by atomic mass is 16.5. The second kappa shape index (κ2) is 11.9. The largest absolute Gasteiger partial charge is 0.493 e. The first-order valence-electron chi connectivity index (χ1n) is 9.50. The molecule has 2 N–H and O–H groups in total. The van der Waals surface area contributed by atoms with Crippen LogP contribution in [0.25, 0.3) is 0 Å². The maximum atomic E-state index is 5.37. The maximum Gasteiger partial charge on any atom is 0.191 e. The van der Waals surface area contributed by atoms with Gasteiger partial charge in [0.1, 0.15) is 0 Å². The molecule has 0 bridgehead atoms. The van der Waals surface area contributed by atoms with Crippen LogP contribution < -0.4 is 20.1 Å². The van der Waals surface area contributed by atoms with Crippen LogP contribution in [0.15, 0.2) is 47.5 Å². The van der Waals surface area contributed by atoms with Crippen molar-refractivity contribution < 1.29 is 14.2 Å². The van der Waals surface area contributed by atoms with Gasteiger partial charge in [-0.05, 0) is 42.2 Å². The molecule has 6 heteroatoms. The van der Waals surface area contributed by atoms with Crippen LogP contribution in [0.5, 0.6) is 11.5 Å². The van der Waals surface area contributed by atoms with E-state index in [1.165, 1.54) is 11.1 Å². The molecule has 0 radical (unpaired) electrons. The average molecular weight is 386 g/mol. The minimum absolute atomic E-state index is 0.592. The summed E-state index contributed by atoms with van der Waals surface area (Å²) in [4.78, 5) is 4.71. The van der Waals surface area contributed by atoms with Crippen molar-refractivity contribution in [2.75, 3.05) is 34.4 Å². The van der Waals surface area contributed by atoms with Crippen LogP contribution in [-0.4, -0.2) is 40.4 Å². The molecule has 0 aliphatic rings. The molecule has 28 heavy (non-hydrogen) atoms. The van der Waals surface area contributed by atoms with Crippen molar-refractivity contribution in [1.29, 1.82) is 0 Å². The summed E-state index contributed by atoms with van der Waals surface area (Å²) in [6.07, 6.45) is 0.852. The molecule has 2 aromatic rings. The van der Waals surface area contributed by atoms with Crippen LogP contribution in [0.2, 0.25) is 0 Å². The van der Waals surface area contributed by atoms with E-state index in [-0.39, 0.29) is 0 Å². The molecule has 0 amide bonds. The number of methoxy groups -OCH3 is 3. The molecule has 0 spiro atoms. The lowest BCUT2D eigenvalue weighted by Gasteiger charge is -2.13. The summed E-state index contributed by atoms with van der Waals surface area (Å²) >= 11 is 0. The molecular weight excluding hydrogens is 354 g/mol. The molecule has 0 atom stereocenters. The molecule has 152 valence electrons. The molecule has 0 unspecified atom stereocenters. The lowest BCUT2D eigenvalue weighted by atomic mass is 10.1. The highest BCUT2D eigenvalue weighted by Crippen LogP contribution is 2.27. The highest BCUT2D eigenvalue weighted by Gasteiger charge is 2.06. The van der Waals surface area contributed by atoms with Crippen molar-refractivity contribution in [3.05, 3.63) is 59.2 Å². The summed E-state index contributed by atoms with van der Waals surface area (Å²) < 4.78 is 15.9. The number of nitrogens with zero attached hydrogens (tertiary/aromatic N) is 1. The zero-order valence-electron chi connectivity index (χ0n) is 17.2. The second-order valence-corrected chi connectivity index (χ2v) is 6.26. The molecule has 0 saturated carbocycles. The zero-order chi connectivity index (χ0) is 20.2. The minimum Gasteiger partial charge on any atom is -0.493 e. The fourth-order valence-electron chi connectivity index (χ4n) is 2.88. The third-order valence-electron chi connectivity index (χ3n) is 4.32. The minimum atomic E-state index is 0.592. The van der Waals surface area contributed by atoms with Crippen molar-refractivity contribution >= 4 is 5.96 Å². The fraction of sp³-hybridized carbons (Fsp3) is 0.409. The van der Waals surface area contributed by atoms with E-state index >= 15 is 0 Å². The average Bonchev–Trinajstić information content (AvgIpc) is 2.73. The number of aliphatic imine (C=N–C) groups is 1. The quantitative estimate of drug-likeness (QED) is 0.486. The molecule has 2 aromatic carbocycles. The molecule has 6 nitrogen and oxygen atoms in total. The molecule has 0 saturated heterocycles. The molecule has 0 aliphatic heterocycles. The zero-order valence-corrected chi connectivity index (χ0v) is 17.2. The van der Waals surface area contributed by atoms with Crippen molar-refractivity contribution in [3.8, 4) is 11.5 Å². The van der Waals surface area contributed by atoms with Crippen LogP contribution >= 0.6 is 0 Å². The summed E-state index contributed by atoms with van der Waals surface area (Å²) in [6.45, 7) is 4.83. The van der Waals surface area contributed by atoms with Crippen molar-refractivity contribution in [1.82, 2.24) is 10.6 Å². The first kappa shape index (κ1) is 21.6. The second-order valence-electron chi connectivity index (χ2n) is 6.26. The van der Waals surface area contributed by atoms with Gasteiger partial charge in [0.05, 0.1) is 27.4 Å². The van der Waals surface area contributed by atoms with Gasteiger partial charge in [-0.1, -0.05) is 30.3 Å². The van der Waals surface area contributed by atoms with Gasteiger partial charge in [0.15, 0.2) is 17.5 Å². The van der Waals surface area contributed by atoms with E-state index in [0.29, 0.717) is 13.2 Å². The standard InChI is InChI=1S/C22H31N3O3/c1-5-23-22(25-15-18-8-6-7-9-19(18)16-26-2)24-13-12-17-10-11-20(27-3)21(14-17)28-4/h6-11,14H,5,12-13,15-16H2,1-4H3,(H2,23,24,25). The Kier molecular flexibility index (Phi) is 9.15. The van der Waals surface area contributed by atoms with Gasteiger partial charge in [0.2, 0.25) is 0 Å². The molecule has 0 fully saturated rings. The Bertz CT molecular complexity index is 762. The predicted octanol–water partition coefficient (Wildman–Crippen LogP) is 3.15. The molecular formula is C22H31N3O3.